The van der Waals surface area contributed by atoms with E-state index in [0.29, 0.717) is 19.2 Å². The third kappa shape index (κ3) is 2.71. The van der Waals surface area contributed by atoms with E-state index < -0.39 is 0 Å². The molecule has 0 amide bonds. The lowest BCUT2D eigenvalue weighted by atomic mass is 10.5. The topological polar surface area (TPSA) is 64.5 Å². The van der Waals surface area contributed by atoms with Gasteiger partial charge < -0.3 is 19.8 Å². The minimum atomic E-state index is 0.404. The van der Waals surface area contributed by atoms with E-state index in [1.54, 1.807) is 13.4 Å². The molecule has 0 radical (unpaired) electrons. The molecule has 74 valence electrons. The summed E-state index contributed by atoms with van der Waals surface area (Å²) < 4.78 is 10.1. The third-order valence-electron chi connectivity index (χ3n) is 1.71. The number of hydrogen-bond acceptors (Lipinski definition) is 5. The molecule has 1 aromatic rings. The molecule has 5 heteroatoms. The number of aromatic nitrogens is 1. The first-order valence-corrected chi connectivity index (χ1v) is 4.12. The van der Waals surface area contributed by atoms with E-state index in [2.05, 4.69) is 4.98 Å². The van der Waals surface area contributed by atoms with Gasteiger partial charge >= 0.3 is 0 Å². The summed E-state index contributed by atoms with van der Waals surface area (Å²) in [6.45, 7) is 1.81. The first-order valence-electron chi connectivity index (χ1n) is 4.12. The predicted molar refractivity (Wildman–Crippen MR) is 49.5 cm³/mol. The van der Waals surface area contributed by atoms with Crippen molar-refractivity contribution in [2.24, 2.45) is 5.73 Å². The first-order chi connectivity index (χ1) is 6.27. The molecule has 1 aromatic heterocycles. The molecule has 0 aliphatic rings. The van der Waals surface area contributed by atoms with Gasteiger partial charge in [-0.15, -0.1) is 0 Å². The first kappa shape index (κ1) is 10.0. The van der Waals surface area contributed by atoms with Gasteiger partial charge in [-0.1, -0.05) is 0 Å². The van der Waals surface area contributed by atoms with E-state index in [0.717, 1.165) is 12.2 Å². The van der Waals surface area contributed by atoms with Gasteiger partial charge in [0.15, 0.2) is 0 Å². The SMILES string of the molecule is COCCN(C)c1nc(CN)co1. The van der Waals surface area contributed by atoms with Crippen LogP contribution >= 0.6 is 0 Å². The van der Waals surface area contributed by atoms with E-state index in [9.17, 15) is 0 Å². The largest absolute Gasteiger partial charge is 0.432 e. The fourth-order valence-corrected chi connectivity index (χ4v) is 0.889. The van der Waals surface area contributed by atoms with Crippen molar-refractivity contribution in [3.05, 3.63) is 12.0 Å². The van der Waals surface area contributed by atoms with Crippen LogP contribution in [0.3, 0.4) is 0 Å². The molecule has 5 nitrogen and oxygen atoms in total. The van der Waals surface area contributed by atoms with Crippen molar-refractivity contribution < 1.29 is 9.15 Å². The summed E-state index contributed by atoms with van der Waals surface area (Å²) in [5.74, 6) is 0. The number of oxazole rings is 1. The van der Waals surface area contributed by atoms with Gasteiger partial charge in [0.25, 0.3) is 6.01 Å². The van der Waals surface area contributed by atoms with Crippen LogP contribution in [0.2, 0.25) is 0 Å². The highest BCUT2D eigenvalue weighted by atomic mass is 16.5. The van der Waals surface area contributed by atoms with Crippen LogP contribution in [0.25, 0.3) is 0 Å². The summed E-state index contributed by atoms with van der Waals surface area (Å²) >= 11 is 0. The number of methoxy groups -OCH3 is 1. The maximum atomic E-state index is 5.40. The fourth-order valence-electron chi connectivity index (χ4n) is 0.889. The van der Waals surface area contributed by atoms with Crippen LogP contribution in [0.15, 0.2) is 10.7 Å². The normalized spacial score (nSPS) is 10.4. The van der Waals surface area contributed by atoms with Crippen LogP contribution in [-0.2, 0) is 11.3 Å². The molecule has 13 heavy (non-hydrogen) atoms. The van der Waals surface area contributed by atoms with Crippen molar-refractivity contribution in [3.8, 4) is 0 Å². The van der Waals surface area contributed by atoms with Crippen LogP contribution in [0.4, 0.5) is 6.01 Å². The Morgan fingerprint density at radius 1 is 1.69 bits per heavy atom. The van der Waals surface area contributed by atoms with Crippen molar-refractivity contribution in [2.75, 3.05) is 32.2 Å². The van der Waals surface area contributed by atoms with Crippen molar-refractivity contribution in [3.63, 3.8) is 0 Å². The van der Waals surface area contributed by atoms with Crippen molar-refractivity contribution in [1.82, 2.24) is 4.98 Å². The highest BCUT2D eigenvalue weighted by molar-refractivity contribution is 5.24. The molecule has 0 fully saturated rings. The highest BCUT2D eigenvalue weighted by Crippen LogP contribution is 2.10. The second-order valence-electron chi connectivity index (χ2n) is 2.74. The zero-order valence-corrected chi connectivity index (χ0v) is 7.99. The number of nitrogens with two attached hydrogens (primary N) is 1. The zero-order valence-electron chi connectivity index (χ0n) is 7.99. The van der Waals surface area contributed by atoms with Gasteiger partial charge in [0, 0.05) is 27.2 Å². The van der Waals surface area contributed by atoms with Gasteiger partial charge in [0.05, 0.1) is 12.3 Å². The molecule has 1 rings (SSSR count). The summed E-state index contributed by atoms with van der Waals surface area (Å²) in [6.07, 6.45) is 1.57. The smallest absolute Gasteiger partial charge is 0.297 e. The molecule has 1 heterocycles. The summed E-state index contributed by atoms with van der Waals surface area (Å²) in [7, 11) is 3.56. The maximum absolute atomic E-state index is 5.40. The number of likely N-dealkylation sites (N-methyl/N-ethyl adjacent to an activating group) is 1. The van der Waals surface area contributed by atoms with E-state index in [1.807, 2.05) is 11.9 Å². The van der Waals surface area contributed by atoms with E-state index >= 15 is 0 Å². The number of hydrogen-bond donors (Lipinski definition) is 1. The molecular formula is C8H15N3O2. The lowest BCUT2D eigenvalue weighted by molar-refractivity contribution is 0.205. The van der Waals surface area contributed by atoms with Crippen LogP contribution in [0.5, 0.6) is 0 Å². The summed E-state index contributed by atoms with van der Waals surface area (Å²) in [6, 6.07) is 0.581. The second kappa shape index (κ2) is 4.84. The van der Waals surface area contributed by atoms with Crippen LogP contribution < -0.4 is 10.6 Å². The second-order valence-corrected chi connectivity index (χ2v) is 2.74. The Morgan fingerprint density at radius 2 is 2.46 bits per heavy atom. The third-order valence-corrected chi connectivity index (χ3v) is 1.71. The van der Waals surface area contributed by atoms with Crippen molar-refractivity contribution >= 4 is 6.01 Å². The molecule has 0 spiro atoms. The molecule has 0 aromatic carbocycles. The molecule has 0 bridgehead atoms. The van der Waals surface area contributed by atoms with E-state index in [-0.39, 0.29) is 0 Å². The number of rotatable bonds is 5. The minimum absolute atomic E-state index is 0.404. The van der Waals surface area contributed by atoms with E-state index in [1.165, 1.54) is 0 Å². The minimum Gasteiger partial charge on any atom is -0.432 e. The highest BCUT2D eigenvalue weighted by Gasteiger charge is 2.06. The Bertz CT molecular complexity index is 249. The molecule has 0 saturated heterocycles. The summed E-state index contributed by atoms with van der Waals surface area (Å²) in [5, 5.41) is 0. The number of ether oxygens (including phenoxy) is 1. The average molecular weight is 185 g/mol. The molecule has 0 aliphatic heterocycles. The number of anilines is 1. The van der Waals surface area contributed by atoms with Gasteiger partial charge in [0.2, 0.25) is 0 Å². The fraction of sp³-hybridized carbons (Fsp3) is 0.625. The average Bonchev–Trinajstić information content (AvgIpc) is 2.62. The summed E-state index contributed by atoms with van der Waals surface area (Å²) in [4.78, 5) is 6.04. The Morgan fingerprint density at radius 3 is 3.00 bits per heavy atom. The van der Waals surface area contributed by atoms with Crippen molar-refractivity contribution in [2.45, 2.75) is 6.54 Å². The van der Waals surface area contributed by atoms with E-state index in [4.69, 9.17) is 14.9 Å². The van der Waals surface area contributed by atoms with Gasteiger partial charge in [-0.05, 0) is 0 Å². The quantitative estimate of drug-likeness (QED) is 0.710. The maximum Gasteiger partial charge on any atom is 0.297 e. The van der Waals surface area contributed by atoms with Gasteiger partial charge in [0.1, 0.15) is 6.26 Å². The standard InChI is InChI=1S/C8H15N3O2/c1-11(3-4-12-2)8-10-7(5-9)6-13-8/h6H,3-5,9H2,1-2H3. The Kier molecular flexibility index (Phi) is 3.72. The van der Waals surface area contributed by atoms with Gasteiger partial charge in [-0.25, -0.2) is 0 Å². The predicted octanol–water partition coefficient (Wildman–Crippen LogP) is 0.216. The molecular weight excluding hydrogens is 170 g/mol. The Hall–Kier alpha value is -1.07. The van der Waals surface area contributed by atoms with Crippen LogP contribution in [0.1, 0.15) is 5.69 Å². The van der Waals surface area contributed by atoms with Gasteiger partial charge in [-0.2, -0.15) is 4.98 Å². The molecule has 0 saturated carbocycles. The van der Waals surface area contributed by atoms with Crippen LogP contribution in [-0.4, -0.2) is 32.3 Å². The van der Waals surface area contributed by atoms with Gasteiger partial charge in [-0.3, -0.25) is 0 Å². The lowest BCUT2D eigenvalue weighted by Gasteiger charge is -2.12. The Balaban J connectivity index is 2.50. The molecule has 2 N–H and O–H groups in total. The zero-order chi connectivity index (χ0) is 9.68. The van der Waals surface area contributed by atoms with Crippen LogP contribution in [0, 0.1) is 0 Å². The Labute approximate surface area is 77.5 Å². The number of nitrogens with zero attached hydrogens (tertiary/aromatic N) is 2. The summed E-state index contributed by atoms with van der Waals surface area (Å²) in [5.41, 5.74) is 6.16. The molecule has 0 aliphatic carbocycles. The molecule has 0 atom stereocenters. The molecule has 0 unspecified atom stereocenters. The monoisotopic (exact) mass is 185 g/mol. The lowest BCUT2D eigenvalue weighted by Crippen LogP contribution is -2.22. The van der Waals surface area contributed by atoms with Crippen molar-refractivity contribution in [1.29, 1.82) is 0 Å².